The Balaban J connectivity index is 1.28. The number of fused-ring (bicyclic) bond motifs is 1. The maximum Gasteiger partial charge on any atom is 0.226 e. The van der Waals surface area contributed by atoms with Crippen LogP contribution in [0.25, 0.3) is 5.69 Å². The summed E-state index contributed by atoms with van der Waals surface area (Å²) in [5.74, 6) is 0.209. The molecule has 4 nitrogen and oxygen atoms in total. The van der Waals surface area contributed by atoms with Gasteiger partial charge in [0.1, 0.15) is 5.82 Å². The van der Waals surface area contributed by atoms with Crippen LogP contribution in [-0.4, -0.2) is 27.1 Å². The minimum atomic E-state index is -0.235. The van der Waals surface area contributed by atoms with Gasteiger partial charge >= 0.3 is 0 Å². The van der Waals surface area contributed by atoms with E-state index >= 15 is 0 Å². The zero-order chi connectivity index (χ0) is 18.4. The number of aromatic nitrogens is 2. The zero-order valence-corrected chi connectivity index (χ0v) is 14.9. The van der Waals surface area contributed by atoms with Gasteiger partial charge in [0.25, 0.3) is 0 Å². The Kier molecular flexibility index (Phi) is 3.81. The summed E-state index contributed by atoms with van der Waals surface area (Å²) >= 11 is 0. The Labute approximate surface area is 157 Å². The Morgan fingerprint density at radius 3 is 2.81 bits per heavy atom. The Hall–Kier alpha value is -2.95. The van der Waals surface area contributed by atoms with Crippen molar-refractivity contribution in [2.75, 3.05) is 6.54 Å². The lowest BCUT2D eigenvalue weighted by atomic mass is 9.99. The highest BCUT2D eigenvalue weighted by Crippen LogP contribution is 2.48. The van der Waals surface area contributed by atoms with E-state index in [0.717, 1.165) is 35.2 Å². The lowest BCUT2D eigenvalue weighted by Gasteiger charge is -2.29. The molecular weight excluding hydrogens is 341 g/mol. The molecular formula is C22H20FN3O. The number of halogens is 1. The summed E-state index contributed by atoms with van der Waals surface area (Å²) in [7, 11) is 0. The number of benzene rings is 2. The van der Waals surface area contributed by atoms with E-state index in [1.165, 1.54) is 6.07 Å². The summed E-state index contributed by atoms with van der Waals surface area (Å²) in [4.78, 5) is 14.8. The summed E-state index contributed by atoms with van der Waals surface area (Å²) in [6, 6.07) is 14.9. The predicted octanol–water partition coefficient (Wildman–Crippen LogP) is 3.70. The van der Waals surface area contributed by atoms with Crippen molar-refractivity contribution in [1.29, 1.82) is 0 Å². The highest BCUT2D eigenvalue weighted by molar-refractivity contribution is 5.83. The van der Waals surface area contributed by atoms with Crippen molar-refractivity contribution in [2.45, 2.75) is 25.3 Å². The van der Waals surface area contributed by atoms with Crippen LogP contribution in [0.4, 0.5) is 4.39 Å². The molecule has 5 heteroatoms. The molecule has 0 spiro atoms. The average molecular weight is 361 g/mol. The van der Waals surface area contributed by atoms with Crippen LogP contribution in [0, 0.1) is 11.7 Å². The molecule has 5 rings (SSSR count). The Morgan fingerprint density at radius 2 is 1.96 bits per heavy atom. The summed E-state index contributed by atoms with van der Waals surface area (Å²) in [5.41, 5.74) is 4.21. The van der Waals surface area contributed by atoms with Gasteiger partial charge in [-0.3, -0.25) is 4.79 Å². The monoisotopic (exact) mass is 361 g/mol. The van der Waals surface area contributed by atoms with Gasteiger partial charge < -0.3 is 4.90 Å². The summed E-state index contributed by atoms with van der Waals surface area (Å²) < 4.78 is 15.4. The quantitative estimate of drug-likeness (QED) is 0.713. The van der Waals surface area contributed by atoms with E-state index in [9.17, 15) is 9.18 Å². The van der Waals surface area contributed by atoms with Gasteiger partial charge in [-0.1, -0.05) is 24.3 Å². The molecule has 2 atom stereocenters. The van der Waals surface area contributed by atoms with E-state index in [4.69, 9.17) is 0 Å². The Bertz CT molecular complexity index is 998. The van der Waals surface area contributed by atoms with Gasteiger partial charge in [-0.2, -0.15) is 5.10 Å². The molecule has 1 aliphatic carbocycles. The number of carbonyl (C=O) groups excluding carboxylic acids is 1. The number of hydrogen-bond donors (Lipinski definition) is 0. The highest BCUT2D eigenvalue weighted by Gasteiger charge is 2.46. The van der Waals surface area contributed by atoms with Gasteiger partial charge in [0.15, 0.2) is 0 Å². The number of hydrogen-bond acceptors (Lipinski definition) is 2. The van der Waals surface area contributed by atoms with Crippen LogP contribution >= 0.6 is 0 Å². The molecule has 1 saturated carbocycles. The van der Waals surface area contributed by atoms with Gasteiger partial charge in [-0.05, 0) is 59.7 Å². The second kappa shape index (κ2) is 6.34. The fourth-order valence-corrected chi connectivity index (χ4v) is 4.03. The molecule has 2 aromatic carbocycles. The van der Waals surface area contributed by atoms with E-state index in [-0.39, 0.29) is 23.6 Å². The summed E-state index contributed by atoms with van der Waals surface area (Å²) in [5, 5.41) is 4.44. The van der Waals surface area contributed by atoms with Gasteiger partial charge in [0.05, 0.1) is 11.9 Å². The molecule has 0 bridgehead atoms. The van der Waals surface area contributed by atoms with E-state index in [1.807, 2.05) is 58.4 Å². The molecule has 1 aromatic heterocycles. The molecule has 0 saturated heterocycles. The van der Waals surface area contributed by atoms with Crippen LogP contribution in [0.2, 0.25) is 0 Å². The minimum absolute atomic E-state index is 0.0218. The molecule has 136 valence electrons. The van der Waals surface area contributed by atoms with Gasteiger partial charge in [0.2, 0.25) is 5.91 Å². The molecule has 1 amide bonds. The number of rotatable bonds is 3. The number of amides is 1. The van der Waals surface area contributed by atoms with Gasteiger partial charge in [-0.15, -0.1) is 0 Å². The zero-order valence-electron chi connectivity index (χ0n) is 14.9. The fourth-order valence-electron chi connectivity index (χ4n) is 4.03. The minimum Gasteiger partial charge on any atom is -0.338 e. The number of carbonyl (C=O) groups is 1. The lowest BCUT2D eigenvalue weighted by molar-refractivity contribution is -0.133. The third-order valence-corrected chi connectivity index (χ3v) is 5.65. The number of para-hydroxylation sites is 1. The van der Waals surface area contributed by atoms with Crippen molar-refractivity contribution in [3.63, 3.8) is 0 Å². The largest absolute Gasteiger partial charge is 0.338 e. The molecule has 2 heterocycles. The van der Waals surface area contributed by atoms with Crippen LogP contribution in [0.3, 0.4) is 0 Å². The highest BCUT2D eigenvalue weighted by atomic mass is 19.1. The standard InChI is InChI=1S/C22H20FN3O/c23-18-7-6-15-8-9-25(13-16(15)10-18)22(27)21-11-20(21)17-12-24-26(14-17)19-4-2-1-3-5-19/h1-7,10,12,14,20-21H,8-9,11,13H2/t20-,21+/m0/s1. The van der Waals surface area contributed by atoms with Gasteiger partial charge in [-0.25, -0.2) is 9.07 Å². The first kappa shape index (κ1) is 16.2. The summed E-state index contributed by atoms with van der Waals surface area (Å²) in [6.45, 7) is 1.22. The van der Waals surface area contributed by atoms with Crippen LogP contribution in [0.15, 0.2) is 60.9 Å². The third kappa shape index (κ3) is 3.03. The maximum atomic E-state index is 13.5. The fraction of sp³-hybridized carbons (Fsp3) is 0.273. The lowest BCUT2D eigenvalue weighted by Crippen LogP contribution is -2.37. The first-order valence-corrected chi connectivity index (χ1v) is 9.35. The molecule has 2 aliphatic rings. The third-order valence-electron chi connectivity index (χ3n) is 5.65. The van der Waals surface area contributed by atoms with E-state index in [0.29, 0.717) is 13.1 Å². The molecule has 27 heavy (non-hydrogen) atoms. The maximum absolute atomic E-state index is 13.5. The van der Waals surface area contributed by atoms with Crippen LogP contribution in [-0.2, 0) is 17.8 Å². The smallest absolute Gasteiger partial charge is 0.226 e. The van der Waals surface area contributed by atoms with E-state index in [2.05, 4.69) is 5.10 Å². The molecule has 0 N–H and O–H groups in total. The van der Waals surface area contributed by atoms with Crippen molar-refractivity contribution in [2.24, 2.45) is 5.92 Å². The molecule has 1 aliphatic heterocycles. The van der Waals surface area contributed by atoms with Crippen molar-refractivity contribution in [3.05, 3.63) is 83.4 Å². The Morgan fingerprint density at radius 1 is 1.11 bits per heavy atom. The normalized spacial score (nSPS) is 21.0. The van der Waals surface area contributed by atoms with Crippen molar-refractivity contribution in [3.8, 4) is 5.69 Å². The SMILES string of the molecule is O=C([C@@H]1C[C@H]1c1cnn(-c2ccccc2)c1)N1CCc2ccc(F)cc2C1. The van der Waals surface area contributed by atoms with Crippen molar-refractivity contribution < 1.29 is 9.18 Å². The van der Waals surface area contributed by atoms with Crippen LogP contribution in [0.5, 0.6) is 0 Å². The van der Waals surface area contributed by atoms with Crippen LogP contribution < -0.4 is 0 Å². The van der Waals surface area contributed by atoms with E-state index in [1.54, 1.807) is 6.07 Å². The second-order valence-electron chi connectivity index (χ2n) is 7.43. The second-order valence-corrected chi connectivity index (χ2v) is 7.43. The van der Waals surface area contributed by atoms with Crippen molar-refractivity contribution >= 4 is 5.91 Å². The summed E-state index contributed by atoms with van der Waals surface area (Å²) in [6.07, 6.45) is 5.55. The first-order chi connectivity index (χ1) is 13.2. The molecule has 0 radical (unpaired) electrons. The average Bonchev–Trinajstić information content (AvgIpc) is 3.35. The van der Waals surface area contributed by atoms with Crippen molar-refractivity contribution in [1.82, 2.24) is 14.7 Å². The van der Waals surface area contributed by atoms with Gasteiger partial charge in [0, 0.05) is 25.2 Å². The topological polar surface area (TPSA) is 38.1 Å². The molecule has 1 fully saturated rings. The number of nitrogens with zero attached hydrogens (tertiary/aromatic N) is 3. The van der Waals surface area contributed by atoms with Crippen LogP contribution in [0.1, 0.15) is 29.0 Å². The first-order valence-electron chi connectivity index (χ1n) is 9.35. The van der Waals surface area contributed by atoms with E-state index < -0.39 is 0 Å². The molecule has 0 unspecified atom stereocenters. The molecule has 3 aromatic rings. The predicted molar refractivity (Wildman–Crippen MR) is 99.9 cm³/mol.